The average Bonchev–Trinajstić information content (AvgIpc) is 3.43. The van der Waals surface area contributed by atoms with Crippen molar-refractivity contribution >= 4 is 34.6 Å². The van der Waals surface area contributed by atoms with E-state index in [0.29, 0.717) is 0 Å². The number of nitrogens with zero attached hydrogens (tertiary/aromatic N) is 2. The van der Waals surface area contributed by atoms with E-state index in [1.807, 2.05) is 78.2 Å². The lowest BCUT2D eigenvalue weighted by molar-refractivity contribution is -0.119. The molecular formula is C22H20N4O2S. The minimum atomic E-state index is -0.685. The van der Waals surface area contributed by atoms with E-state index in [0.717, 1.165) is 16.1 Å². The summed E-state index contributed by atoms with van der Waals surface area (Å²) in [5.41, 5.74) is 7.56. The number of hydrogen-bond donors (Lipinski definition) is 2. The van der Waals surface area contributed by atoms with E-state index in [1.165, 1.54) is 5.01 Å². The minimum absolute atomic E-state index is 0.169. The predicted octanol–water partition coefficient (Wildman–Crippen LogP) is 3.07. The molecule has 0 unspecified atom stereocenters. The summed E-state index contributed by atoms with van der Waals surface area (Å²) >= 11 is 1.57. The van der Waals surface area contributed by atoms with Crippen molar-refractivity contribution in [2.45, 2.75) is 18.5 Å². The highest BCUT2D eigenvalue weighted by Crippen LogP contribution is 2.28. The largest absolute Gasteiger partial charge is 0.368 e. The third-order valence-corrected chi connectivity index (χ3v) is 5.69. The molecule has 0 fully saturated rings. The summed E-state index contributed by atoms with van der Waals surface area (Å²) in [6, 6.07) is 22.0. The molecule has 1 aliphatic heterocycles. The van der Waals surface area contributed by atoms with Crippen LogP contribution in [0.2, 0.25) is 0 Å². The number of amides is 2. The molecule has 1 aliphatic rings. The van der Waals surface area contributed by atoms with Crippen LogP contribution in [0, 0.1) is 0 Å². The molecule has 4 rings (SSSR count). The van der Waals surface area contributed by atoms with Crippen LogP contribution in [0.15, 0.2) is 83.3 Å². The molecule has 7 heteroatoms. The summed E-state index contributed by atoms with van der Waals surface area (Å²) in [6.45, 7) is 0. The maximum atomic E-state index is 13.1. The zero-order valence-electron chi connectivity index (χ0n) is 15.6. The summed E-state index contributed by atoms with van der Waals surface area (Å²) in [5.74, 6) is -0.824. The summed E-state index contributed by atoms with van der Waals surface area (Å²) in [7, 11) is 0. The van der Waals surface area contributed by atoms with Crippen LogP contribution in [0.1, 0.15) is 22.9 Å². The number of carbonyl (C=O) groups excluding carboxylic acids is 2. The maximum Gasteiger partial charge on any atom is 0.268 e. The maximum absolute atomic E-state index is 13.1. The number of hydrogen-bond acceptors (Lipinski definition) is 5. The van der Waals surface area contributed by atoms with Gasteiger partial charge in [-0.25, -0.2) is 0 Å². The molecule has 0 saturated carbocycles. The van der Waals surface area contributed by atoms with Crippen LogP contribution in [0.4, 0.5) is 5.69 Å². The summed E-state index contributed by atoms with van der Waals surface area (Å²) in [6.07, 6.45) is 0.169. The highest BCUT2D eigenvalue weighted by atomic mass is 32.1. The highest BCUT2D eigenvalue weighted by molar-refractivity contribution is 7.10. The number of rotatable bonds is 6. The molecule has 2 amide bonds. The molecule has 1 aromatic heterocycles. The van der Waals surface area contributed by atoms with Crippen molar-refractivity contribution in [2.75, 3.05) is 5.01 Å². The lowest BCUT2D eigenvalue weighted by atomic mass is 10.0. The van der Waals surface area contributed by atoms with Gasteiger partial charge < -0.3 is 11.1 Å². The van der Waals surface area contributed by atoms with Crippen molar-refractivity contribution in [2.24, 2.45) is 10.8 Å². The SMILES string of the molecule is NC(=O)[C@H]1CC(C(=O)N[C@H](c2ccccc2)c2cccs2)=NN1c1ccccc1. The van der Waals surface area contributed by atoms with Crippen LogP contribution in [0.3, 0.4) is 0 Å². The summed E-state index contributed by atoms with van der Waals surface area (Å²) < 4.78 is 0. The van der Waals surface area contributed by atoms with E-state index in [4.69, 9.17) is 5.73 Å². The first-order chi connectivity index (χ1) is 14.1. The van der Waals surface area contributed by atoms with Gasteiger partial charge in [-0.2, -0.15) is 5.10 Å². The fourth-order valence-corrected chi connectivity index (χ4v) is 4.12. The monoisotopic (exact) mass is 404 g/mol. The number of carbonyl (C=O) groups is 2. The molecule has 0 radical (unpaired) electrons. The number of thiophene rings is 1. The van der Waals surface area contributed by atoms with Gasteiger partial charge in [0.2, 0.25) is 5.91 Å². The quantitative estimate of drug-likeness (QED) is 0.662. The second-order valence-corrected chi connectivity index (χ2v) is 7.66. The van der Waals surface area contributed by atoms with Gasteiger partial charge in [0.25, 0.3) is 5.91 Å². The summed E-state index contributed by atoms with van der Waals surface area (Å²) in [5, 5.41) is 11.0. The van der Waals surface area contributed by atoms with Gasteiger partial charge in [0.1, 0.15) is 11.8 Å². The van der Waals surface area contributed by atoms with Gasteiger partial charge >= 0.3 is 0 Å². The molecule has 0 bridgehead atoms. The fourth-order valence-electron chi connectivity index (χ4n) is 3.32. The Balaban J connectivity index is 1.60. The molecule has 0 spiro atoms. The van der Waals surface area contributed by atoms with E-state index in [2.05, 4.69) is 10.4 Å². The smallest absolute Gasteiger partial charge is 0.268 e. The van der Waals surface area contributed by atoms with Crippen molar-refractivity contribution in [1.29, 1.82) is 0 Å². The zero-order valence-corrected chi connectivity index (χ0v) is 16.4. The minimum Gasteiger partial charge on any atom is -0.368 e. The predicted molar refractivity (Wildman–Crippen MR) is 115 cm³/mol. The lowest BCUT2D eigenvalue weighted by Crippen LogP contribution is -2.40. The molecule has 3 N–H and O–H groups in total. The van der Waals surface area contributed by atoms with Crippen molar-refractivity contribution in [1.82, 2.24) is 5.32 Å². The molecule has 3 aromatic rings. The van der Waals surface area contributed by atoms with Crippen molar-refractivity contribution in [3.8, 4) is 0 Å². The Morgan fingerprint density at radius 2 is 1.72 bits per heavy atom. The third kappa shape index (κ3) is 4.05. The molecule has 146 valence electrons. The average molecular weight is 404 g/mol. The van der Waals surface area contributed by atoms with Crippen molar-refractivity contribution in [3.05, 3.63) is 88.6 Å². The van der Waals surface area contributed by atoms with Crippen LogP contribution in [0.5, 0.6) is 0 Å². The molecule has 2 atom stereocenters. The summed E-state index contributed by atoms with van der Waals surface area (Å²) in [4.78, 5) is 26.0. The van der Waals surface area contributed by atoms with Crippen molar-refractivity contribution < 1.29 is 9.59 Å². The van der Waals surface area contributed by atoms with E-state index >= 15 is 0 Å². The number of nitrogens with one attached hydrogen (secondary N) is 1. The number of primary amides is 1. The van der Waals surface area contributed by atoms with Gasteiger partial charge in [-0.15, -0.1) is 11.3 Å². The molecule has 0 aliphatic carbocycles. The first-order valence-corrected chi connectivity index (χ1v) is 10.1. The molecule has 2 heterocycles. The number of benzene rings is 2. The van der Waals surface area contributed by atoms with E-state index in [1.54, 1.807) is 11.3 Å². The lowest BCUT2D eigenvalue weighted by Gasteiger charge is -2.20. The van der Waals surface area contributed by atoms with Crippen molar-refractivity contribution in [3.63, 3.8) is 0 Å². The number of nitrogens with two attached hydrogens (primary N) is 1. The standard InChI is InChI=1S/C22H20N4O2S/c23-21(27)18-14-17(25-26(18)16-10-5-2-6-11-16)22(28)24-20(19-12-7-13-29-19)15-8-3-1-4-9-15/h1-13,18,20H,14H2,(H2,23,27)(H,24,28)/t18-,20-/m1/s1. The number of anilines is 1. The van der Waals surface area contributed by atoms with Crippen LogP contribution >= 0.6 is 11.3 Å². The molecule has 29 heavy (non-hydrogen) atoms. The number of hydrazone groups is 1. The zero-order chi connectivity index (χ0) is 20.2. The Bertz CT molecular complexity index is 1020. The first-order valence-electron chi connectivity index (χ1n) is 9.24. The van der Waals surface area contributed by atoms with Gasteiger partial charge in [-0.3, -0.25) is 14.6 Å². The third-order valence-electron chi connectivity index (χ3n) is 4.76. The van der Waals surface area contributed by atoms with Crippen LogP contribution < -0.4 is 16.1 Å². The van der Waals surface area contributed by atoms with E-state index < -0.39 is 11.9 Å². The van der Waals surface area contributed by atoms with Gasteiger partial charge in [0.15, 0.2) is 0 Å². The highest BCUT2D eigenvalue weighted by Gasteiger charge is 2.35. The molecule has 2 aromatic carbocycles. The molecular weight excluding hydrogens is 384 g/mol. The first kappa shape index (κ1) is 18.9. The Morgan fingerprint density at radius 1 is 1.03 bits per heavy atom. The Kier molecular flexibility index (Phi) is 5.39. The van der Waals surface area contributed by atoms with Gasteiger partial charge in [-0.05, 0) is 29.1 Å². The van der Waals surface area contributed by atoms with Crippen LogP contribution in [0.25, 0.3) is 0 Å². The fraction of sp³-hybridized carbons (Fsp3) is 0.136. The Hall–Kier alpha value is -3.45. The molecule has 6 nitrogen and oxygen atoms in total. The Labute approximate surface area is 172 Å². The van der Waals surface area contributed by atoms with Crippen LogP contribution in [-0.2, 0) is 9.59 Å². The Morgan fingerprint density at radius 3 is 2.34 bits per heavy atom. The van der Waals surface area contributed by atoms with E-state index in [9.17, 15) is 9.59 Å². The normalized spacial score (nSPS) is 16.9. The van der Waals surface area contributed by atoms with Gasteiger partial charge in [0, 0.05) is 11.3 Å². The number of para-hydroxylation sites is 1. The molecule has 0 saturated heterocycles. The second kappa shape index (κ2) is 8.28. The van der Waals surface area contributed by atoms with Gasteiger partial charge in [0.05, 0.1) is 11.7 Å². The van der Waals surface area contributed by atoms with Crippen LogP contribution in [-0.4, -0.2) is 23.6 Å². The van der Waals surface area contributed by atoms with Gasteiger partial charge in [-0.1, -0.05) is 54.6 Å². The van der Waals surface area contributed by atoms with E-state index in [-0.39, 0.29) is 24.1 Å². The second-order valence-electron chi connectivity index (χ2n) is 6.68. The topological polar surface area (TPSA) is 87.8 Å².